The Balaban J connectivity index is 2.18. The van der Waals surface area contributed by atoms with E-state index in [1.807, 2.05) is 0 Å². The number of alkyl halides is 4. The number of hydrogen-bond donors (Lipinski definition) is 0. The zero-order valence-corrected chi connectivity index (χ0v) is 12.2. The number of hydrogen-bond acceptors (Lipinski definition) is 0. The summed E-state index contributed by atoms with van der Waals surface area (Å²) in [6, 6.07) is 8.04. The summed E-state index contributed by atoms with van der Waals surface area (Å²) in [5.41, 5.74) is -0.334. The first-order valence-electron chi connectivity index (χ1n) is 6.03. The Labute approximate surface area is 126 Å². The lowest BCUT2D eigenvalue weighted by Gasteiger charge is -2.13. The monoisotopic (exact) mass is 364 g/mol. The van der Waals surface area contributed by atoms with Crippen LogP contribution in [0.3, 0.4) is 0 Å². The standard InChI is InChI=1S/C15H10BrF5/c16-11(14-12(17)2-1-3-13(14)18)8-9-4-6-10(7-5-9)15(19,20)21/h1-7,11H,8H2. The Morgan fingerprint density at radius 2 is 1.43 bits per heavy atom. The molecule has 0 saturated carbocycles. The van der Waals surface area contributed by atoms with Crippen LogP contribution in [0.5, 0.6) is 0 Å². The van der Waals surface area contributed by atoms with Crippen molar-refractivity contribution in [1.82, 2.24) is 0 Å². The predicted octanol–water partition coefficient (Wildman–Crippen LogP) is 5.66. The quantitative estimate of drug-likeness (QED) is 0.486. The summed E-state index contributed by atoms with van der Waals surface area (Å²) in [6.07, 6.45) is -4.22. The van der Waals surface area contributed by atoms with Gasteiger partial charge < -0.3 is 0 Å². The smallest absolute Gasteiger partial charge is 0.207 e. The zero-order valence-electron chi connectivity index (χ0n) is 10.6. The fourth-order valence-electron chi connectivity index (χ4n) is 1.95. The van der Waals surface area contributed by atoms with E-state index < -0.39 is 28.2 Å². The molecule has 0 aliphatic carbocycles. The van der Waals surface area contributed by atoms with E-state index in [-0.39, 0.29) is 12.0 Å². The number of rotatable bonds is 3. The molecule has 0 radical (unpaired) electrons. The van der Waals surface area contributed by atoms with Crippen molar-refractivity contribution in [3.8, 4) is 0 Å². The maximum Gasteiger partial charge on any atom is 0.416 e. The van der Waals surface area contributed by atoms with E-state index >= 15 is 0 Å². The Bertz CT molecular complexity index is 599. The van der Waals surface area contributed by atoms with Crippen molar-refractivity contribution in [2.75, 3.05) is 0 Å². The van der Waals surface area contributed by atoms with Crippen molar-refractivity contribution in [3.63, 3.8) is 0 Å². The Morgan fingerprint density at radius 1 is 0.905 bits per heavy atom. The zero-order chi connectivity index (χ0) is 15.6. The van der Waals surface area contributed by atoms with Crippen molar-refractivity contribution < 1.29 is 22.0 Å². The van der Waals surface area contributed by atoms with Gasteiger partial charge in [0.1, 0.15) is 11.6 Å². The molecule has 2 aromatic rings. The minimum atomic E-state index is -4.40. The molecule has 0 bridgehead atoms. The van der Waals surface area contributed by atoms with Gasteiger partial charge in [-0.2, -0.15) is 13.2 Å². The van der Waals surface area contributed by atoms with Crippen LogP contribution < -0.4 is 0 Å². The topological polar surface area (TPSA) is 0 Å². The minimum Gasteiger partial charge on any atom is -0.207 e. The molecule has 0 amide bonds. The van der Waals surface area contributed by atoms with Crippen LogP contribution in [0.15, 0.2) is 42.5 Å². The van der Waals surface area contributed by atoms with Crippen molar-refractivity contribution in [2.24, 2.45) is 0 Å². The first kappa shape index (κ1) is 15.9. The van der Waals surface area contributed by atoms with Gasteiger partial charge in [0.25, 0.3) is 0 Å². The van der Waals surface area contributed by atoms with Gasteiger partial charge in [0, 0.05) is 10.4 Å². The minimum absolute atomic E-state index is 0.127. The first-order valence-corrected chi connectivity index (χ1v) is 6.94. The third-order valence-electron chi connectivity index (χ3n) is 3.01. The van der Waals surface area contributed by atoms with Crippen LogP contribution in [0.2, 0.25) is 0 Å². The Kier molecular flexibility index (Phi) is 4.66. The molecule has 0 aliphatic heterocycles. The van der Waals surface area contributed by atoms with Gasteiger partial charge >= 0.3 is 6.18 Å². The van der Waals surface area contributed by atoms with E-state index in [0.29, 0.717) is 5.56 Å². The lowest BCUT2D eigenvalue weighted by molar-refractivity contribution is -0.137. The fraction of sp³-hybridized carbons (Fsp3) is 0.200. The van der Waals surface area contributed by atoms with Crippen molar-refractivity contribution in [1.29, 1.82) is 0 Å². The fourth-order valence-corrected chi connectivity index (χ4v) is 2.76. The molecule has 0 aliphatic rings. The third-order valence-corrected chi connectivity index (χ3v) is 3.79. The van der Waals surface area contributed by atoms with Gasteiger partial charge in [-0.15, -0.1) is 0 Å². The summed E-state index contributed by atoms with van der Waals surface area (Å²) in [5.74, 6) is -1.38. The van der Waals surface area contributed by atoms with E-state index in [4.69, 9.17) is 0 Å². The number of benzene rings is 2. The molecule has 1 unspecified atom stereocenters. The maximum absolute atomic E-state index is 13.6. The van der Waals surface area contributed by atoms with Crippen molar-refractivity contribution in [3.05, 3.63) is 70.8 Å². The molecule has 112 valence electrons. The third kappa shape index (κ3) is 3.81. The summed E-state index contributed by atoms with van der Waals surface area (Å²) in [5, 5.41) is 0. The summed E-state index contributed by atoms with van der Waals surface area (Å²) in [7, 11) is 0. The molecule has 2 aromatic carbocycles. The normalized spacial score (nSPS) is 13.2. The lowest BCUT2D eigenvalue weighted by Crippen LogP contribution is -2.05. The molecule has 1 atom stereocenters. The molecule has 0 nitrogen and oxygen atoms in total. The van der Waals surface area contributed by atoms with Crippen LogP contribution in [0.1, 0.15) is 21.5 Å². The molecule has 6 heteroatoms. The molecular weight excluding hydrogens is 355 g/mol. The van der Waals surface area contributed by atoms with E-state index in [1.54, 1.807) is 0 Å². The van der Waals surface area contributed by atoms with Crippen LogP contribution in [0.25, 0.3) is 0 Å². The van der Waals surface area contributed by atoms with Gasteiger partial charge in [0.15, 0.2) is 0 Å². The van der Waals surface area contributed by atoms with E-state index in [1.165, 1.54) is 18.2 Å². The van der Waals surface area contributed by atoms with Crippen LogP contribution in [0.4, 0.5) is 22.0 Å². The van der Waals surface area contributed by atoms with Crippen molar-refractivity contribution >= 4 is 15.9 Å². The largest absolute Gasteiger partial charge is 0.416 e. The number of halogens is 6. The molecule has 0 N–H and O–H groups in total. The highest BCUT2D eigenvalue weighted by molar-refractivity contribution is 9.09. The van der Waals surface area contributed by atoms with Gasteiger partial charge in [-0.1, -0.05) is 34.1 Å². The van der Waals surface area contributed by atoms with E-state index in [9.17, 15) is 22.0 Å². The van der Waals surface area contributed by atoms with Gasteiger partial charge in [0.2, 0.25) is 0 Å². The second-order valence-electron chi connectivity index (χ2n) is 4.50. The predicted molar refractivity (Wildman–Crippen MR) is 73.2 cm³/mol. The second-order valence-corrected chi connectivity index (χ2v) is 5.61. The van der Waals surface area contributed by atoms with Gasteiger partial charge in [0.05, 0.1) is 5.56 Å². The van der Waals surface area contributed by atoms with Gasteiger partial charge in [-0.3, -0.25) is 0 Å². The highest BCUT2D eigenvalue weighted by Crippen LogP contribution is 2.33. The van der Waals surface area contributed by atoms with Gasteiger partial charge in [-0.25, -0.2) is 8.78 Å². The summed E-state index contributed by atoms with van der Waals surface area (Å²) < 4.78 is 64.5. The van der Waals surface area contributed by atoms with E-state index in [2.05, 4.69) is 15.9 Å². The lowest BCUT2D eigenvalue weighted by atomic mass is 10.0. The van der Waals surface area contributed by atoms with Crippen LogP contribution >= 0.6 is 15.9 Å². The molecule has 0 fully saturated rings. The van der Waals surface area contributed by atoms with Crippen molar-refractivity contribution in [2.45, 2.75) is 17.4 Å². The van der Waals surface area contributed by atoms with Crippen LogP contribution in [-0.4, -0.2) is 0 Å². The first-order chi connectivity index (χ1) is 9.79. The average molecular weight is 365 g/mol. The Hall–Kier alpha value is -1.43. The summed E-state index contributed by atoms with van der Waals surface area (Å²) in [6.45, 7) is 0. The molecule has 0 aromatic heterocycles. The molecule has 2 rings (SSSR count). The summed E-state index contributed by atoms with van der Waals surface area (Å²) >= 11 is 3.18. The molecule has 0 saturated heterocycles. The van der Waals surface area contributed by atoms with Crippen LogP contribution in [-0.2, 0) is 12.6 Å². The Morgan fingerprint density at radius 3 is 1.90 bits per heavy atom. The van der Waals surface area contributed by atoms with Crippen LogP contribution in [0, 0.1) is 11.6 Å². The van der Waals surface area contributed by atoms with E-state index in [0.717, 1.165) is 24.3 Å². The average Bonchev–Trinajstić information content (AvgIpc) is 2.38. The maximum atomic E-state index is 13.6. The summed E-state index contributed by atoms with van der Waals surface area (Å²) in [4.78, 5) is -0.657. The van der Waals surface area contributed by atoms with Gasteiger partial charge in [-0.05, 0) is 36.2 Å². The molecule has 21 heavy (non-hydrogen) atoms. The molecule has 0 heterocycles. The molecule has 0 spiro atoms. The second kappa shape index (κ2) is 6.13. The highest BCUT2D eigenvalue weighted by atomic mass is 79.9. The molecular formula is C15H10BrF5. The SMILES string of the molecule is Fc1cccc(F)c1C(Br)Cc1ccc(C(F)(F)F)cc1. The highest BCUT2D eigenvalue weighted by Gasteiger charge is 2.30.